The molecule has 4 rings (SSSR count). The summed E-state index contributed by atoms with van der Waals surface area (Å²) in [5.41, 5.74) is 4.74. The molecule has 0 fully saturated rings. The number of rotatable bonds is 7. The van der Waals surface area contributed by atoms with Gasteiger partial charge in [-0.3, -0.25) is 4.79 Å². The van der Waals surface area contributed by atoms with Gasteiger partial charge < -0.3 is 18.9 Å². The number of nitrogens with one attached hydrogen (secondary N) is 1. The Balaban J connectivity index is 1.41. The van der Waals surface area contributed by atoms with Crippen LogP contribution in [0.5, 0.6) is 23.0 Å². The molecule has 0 saturated carbocycles. The van der Waals surface area contributed by atoms with Crippen LogP contribution in [0.15, 0.2) is 71.8 Å². The SMILES string of the molecule is COc1ccc(C=NNC(=O)c2ccc3c(c2)OCO3)cc1OCc1ccccc1. The zero-order valence-electron chi connectivity index (χ0n) is 16.3. The molecule has 1 aliphatic heterocycles. The first-order valence-electron chi connectivity index (χ1n) is 9.31. The summed E-state index contributed by atoms with van der Waals surface area (Å²) in [6.07, 6.45) is 1.54. The topological polar surface area (TPSA) is 78.4 Å². The lowest BCUT2D eigenvalue weighted by Gasteiger charge is -2.11. The van der Waals surface area contributed by atoms with E-state index in [-0.39, 0.29) is 12.7 Å². The van der Waals surface area contributed by atoms with Crippen LogP contribution < -0.4 is 24.4 Å². The minimum atomic E-state index is -0.349. The molecule has 3 aromatic carbocycles. The highest BCUT2D eigenvalue weighted by Gasteiger charge is 2.15. The van der Waals surface area contributed by atoms with E-state index < -0.39 is 0 Å². The van der Waals surface area contributed by atoms with Gasteiger partial charge in [0.15, 0.2) is 23.0 Å². The summed E-state index contributed by atoms with van der Waals surface area (Å²) < 4.78 is 21.8. The Hall–Kier alpha value is -4.00. The largest absolute Gasteiger partial charge is 0.493 e. The molecule has 0 spiro atoms. The van der Waals surface area contributed by atoms with Crippen LogP contribution in [0.2, 0.25) is 0 Å². The lowest BCUT2D eigenvalue weighted by molar-refractivity contribution is 0.0954. The first-order valence-corrected chi connectivity index (χ1v) is 9.31. The fourth-order valence-electron chi connectivity index (χ4n) is 2.89. The number of amides is 1. The van der Waals surface area contributed by atoms with E-state index in [2.05, 4.69) is 10.5 Å². The fraction of sp³-hybridized carbons (Fsp3) is 0.130. The molecule has 0 aromatic heterocycles. The number of hydrazone groups is 1. The number of hydrogen-bond donors (Lipinski definition) is 1. The fourth-order valence-corrected chi connectivity index (χ4v) is 2.89. The highest BCUT2D eigenvalue weighted by atomic mass is 16.7. The van der Waals surface area contributed by atoms with Crippen LogP contribution in [0.1, 0.15) is 21.5 Å². The molecule has 1 N–H and O–H groups in total. The highest BCUT2D eigenvalue weighted by molar-refractivity contribution is 5.95. The lowest BCUT2D eigenvalue weighted by Crippen LogP contribution is -2.17. The number of carbonyl (C=O) groups is 1. The third kappa shape index (κ3) is 4.52. The molecule has 0 atom stereocenters. The first kappa shape index (κ1) is 19.3. The Labute approximate surface area is 173 Å². The van der Waals surface area contributed by atoms with Crippen LogP contribution >= 0.6 is 0 Å². The second-order valence-electron chi connectivity index (χ2n) is 6.45. The van der Waals surface area contributed by atoms with Gasteiger partial charge >= 0.3 is 0 Å². The summed E-state index contributed by atoms with van der Waals surface area (Å²) in [5.74, 6) is 2.02. The minimum Gasteiger partial charge on any atom is -0.493 e. The van der Waals surface area contributed by atoms with Crippen LogP contribution in [0.4, 0.5) is 0 Å². The highest BCUT2D eigenvalue weighted by Crippen LogP contribution is 2.32. The van der Waals surface area contributed by atoms with Crippen molar-refractivity contribution in [2.75, 3.05) is 13.9 Å². The van der Waals surface area contributed by atoms with Crippen molar-refractivity contribution in [3.63, 3.8) is 0 Å². The van der Waals surface area contributed by atoms with Crippen LogP contribution in [0.25, 0.3) is 0 Å². The number of hydrogen-bond acceptors (Lipinski definition) is 6. The molecule has 1 aliphatic rings. The van der Waals surface area contributed by atoms with Crippen LogP contribution in [-0.2, 0) is 6.61 Å². The third-order valence-corrected chi connectivity index (χ3v) is 4.44. The van der Waals surface area contributed by atoms with E-state index in [4.69, 9.17) is 18.9 Å². The second-order valence-corrected chi connectivity index (χ2v) is 6.45. The van der Waals surface area contributed by atoms with Gasteiger partial charge in [0.1, 0.15) is 6.61 Å². The van der Waals surface area contributed by atoms with E-state index in [0.717, 1.165) is 11.1 Å². The summed E-state index contributed by atoms with van der Waals surface area (Å²) in [4.78, 5) is 12.3. The molecule has 0 unspecified atom stereocenters. The van der Waals surface area contributed by atoms with Gasteiger partial charge in [-0.2, -0.15) is 5.10 Å². The average molecular weight is 404 g/mol. The van der Waals surface area contributed by atoms with Crippen molar-refractivity contribution in [2.45, 2.75) is 6.61 Å². The number of benzene rings is 3. The van der Waals surface area contributed by atoms with Gasteiger partial charge in [-0.05, 0) is 47.5 Å². The zero-order chi connectivity index (χ0) is 20.8. The zero-order valence-corrected chi connectivity index (χ0v) is 16.3. The molecule has 3 aromatic rings. The summed E-state index contributed by atoms with van der Waals surface area (Å²) in [6, 6.07) is 20.2. The van der Waals surface area contributed by atoms with Gasteiger partial charge in [-0.25, -0.2) is 5.43 Å². The van der Waals surface area contributed by atoms with E-state index in [1.54, 1.807) is 43.7 Å². The standard InChI is InChI=1S/C23H20N2O5/c1-27-19-9-7-17(11-21(19)28-14-16-5-3-2-4-6-16)13-24-25-23(26)18-8-10-20-22(12-18)30-15-29-20/h2-13H,14-15H2,1H3,(H,25,26). The Morgan fingerprint density at radius 2 is 1.87 bits per heavy atom. The van der Waals surface area contributed by atoms with E-state index >= 15 is 0 Å². The Bertz CT molecular complexity index is 1070. The third-order valence-electron chi connectivity index (χ3n) is 4.44. The lowest BCUT2D eigenvalue weighted by atomic mass is 10.2. The molecule has 0 bridgehead atoms. The van der Waals surface area contributed by atoms with Gasteiger partial charge in [0, 0.05) is 5.56 Å². The van der Waals surface area contributed by atoms with Crippen LogP contribution in [0, 0.1) is 0 Å². The molecule has 7 nitrogen and oxygen atoms in total. The van der Waals surface area contributed by atoms with Gasteiger partial charge in [-0.1, -0.05) is 30.3 Å². The molecule has 0 aliphatic carbocycles. The number of ether oxygens (including phenoxy) is 4. The van der Waals surface area contributed by atoms with E-state index in [1.165, 1.54) is 0 Å². The quantitative estimate of drug-likeness (QED) is 0.479. The van der Waals surface area contributed by atoms with Crippen molar-refractivity contribution in [1.82, 2.24) is 5.43 Å². The van der Waals surface area contributed by atoms with Gasteiger partial charge in [0.05, 0.1) is 13.3 Å². The second kappa shape index (κ2) is 9.00. The predicted octanol–water partition coefficient (Wildman–Crippen LogP) is 3.77. The molecular formula is C23H20N2O5. The van der Waals surface area contributed by atoms with Gasteiger partial charge in [-0.15, -0.1) is 0 Å². The maximum Gasteiger partial charge on any atom is 0.271 e. The normalized spacial score (nSPS) is 12.0. The van der Waals surface area contributed by atoms with Crippen LogP contribution in [-0.4, -0.2) is 26.0 Å². The Morgan fingerprint density at radius 1 is 1.03 bits per heavy atom. The van der Waals surface area contributed by atoms with E-state index in [0.29, 0.717) is 35.2 Å². The molecular weight excluding hydrogens is 384 g/mol. The van der Waals surface area contributed by atoms with Crippen molar-refractivity contribution in [3.8, 4) is 23.0 Å². The van der Waals surface area contributed by atoms with Gasteiger partial charge in [0.2, 0.25) is 6.79 Å². The number of methoxy groups -OCH3 is 1. The van der Waals surface area contributed by atoms with Crippen molar-refractivity contribution >= 4 is 12.1 Å². The predicted molar refractivity (Wildman–Crippen MR) is 111 cm³/mol. The Kier molecular flexibility index (Phi) is 5.80. The Morgan fingerprint density at radius 3 is 2.70 bits per heavy atom. The smallest absolute Gasteiger partial charge is 0.271 e. The molecule has 30 heavy (non-hydrogen) atoms. The number of nitrogens with zero attached hydrogens (tertiary/aromatic N) is 1. The molecule has 0 saturated heterocycles. The molecule has 152 valence electrons. The molecule has 7 heteroatoms. The van der Waals surface area contributed by atoms with Crippen molar-refractivity contribution in [1.29, 1.82) is 0 Å². The average Bonchev–Trinajstić information content (AvgIpc) is 3.26. The van der Waals surface area contributed by atoms with E-state index in [9.17, 15) is 4.79 Å². The molecule has 0 radical (unpaired) electrons. The minimum absolute atomic E-state index is 0.157. The summed E-state index contributed by atoms with van der Waals surface area (Å²) >= 11 is 0. The van der Waals surface area contributed by atoms with Crippen molar-refractivity contribution in [3.05, 3.63) is 83.4 Å². The number of carbonyl (C=O) groups excluding carboxylic acids is 1. The van der Waals surface area contributed by atoms with E-state index in [1.807, 2.05) is 36.4 Å². The number of fused-ring (bicyclic) bond motifs is 1. The molecule has 1 heterocycles. The monoisotopic (exact) mass is 404 g/mol. The van der Waals surface area contributed by atoms with Crippen molar-refractivity contribution in [2.24, 2.45) is 5.10 Å². The van der Waals surface area contributed by atoms with Crippen molar-refractivity contribution < 1.29 is 23.7 Å². The maximum absolute atomic E-state index is 12.3. The maximum atomic E-state index is 12.3. The summed E-state index contributed by atoms with van der Waals surface area (Å²) in [6.45, 7) is 0.573. The first-order chi connectivity index (χ1) is 14.7. The molecule has 1 amide bonds. The van der Waals surface area contributed by atoms with Crippen LogP contribution in [0.3, 0.4) is 0 Å². The summed E-state index contributed by atoms with van der Waals surface area (Å²) in [5, 5.41) is 4.03. The van der Waals surface area contributed by atoms with Gasteiger partial charge in [0.25, 0.3) is 5.91 Å². The summed E-state index contributed by atoms with van der Waals surface area (Å²) in [7, 11) is 1.59.